The minimum atomic E-state index is -6.38. The third-order valence-corrected chi connectivity index (χ3v) is 7.31. The van der Waals surface area contributed by atoms with Crippen molar-refractivity contribution in [3.63, 3.8) is 0 Å². The summed E-state index contributed by atoms with van der Waals surface area (Å²) in [5.41, 5.74) is 3.95. The summed E-state index contributed by atoms with van der Waals surface area (Å²) in [6.07, 6.45) is -6.38. The summed E-state index contributed by atoms with van der Waals surface area (Å²) < 4.78 is 91.4. The molecule has 0 radical (unpaired) electrons. The van der Waals surface area contributed by atoms with Crippen LogP contribution in [0.15, 0.2) is 71.6 Å². The summed E-state index contributed by atoms with van der Waals surface area (Å²) in [4.78, 5) is 4.17. The van der Waals surface area contributed by atoms with Gasteiger partial charge in [0.15, 0.2) is 5.11 Å². The number of aromatic nitrogens is 1. The molecule has 0 atom stereocenters. The molecule has 0 aliphatic rings. The number of nitrogens with one attached hydrogen (secondary N) is 2. The van der Waals surface area contributed by atoms with E-state index in [9.17, 15) is 30.7 Å². The normalized spacial score (nSPS) is 12.5. The van der Waals surface area contributed by atoms with Crippen molar-refractivity contribution in [2.75, 3.05) is 10.6 Å². The zero-order valence-electron chi connectivity index (χ0n) is 18.7. The highest BCUT2D eigenvalue weighted by Gasteiger charge is 2.73. The maximum Gasteiger partial charge on any atom is 0.460 e. The zero-order chi connectivity index (χ0) is 27.0. The molecule has 0 fully saturated rings. The van der Waals surface area contributed by atoms with Crippen LogP contribution in [0.25, 0.3) is 20.8 Å². The lowest BCUT2D eigenvalue weighted by molar-refractivity contribution is -0.330. The van der Waals surface area contributed by atoms with Crippen LogP contribution in [0.1, 0.15) is 5.56 Å². The Morgan fingerprint density at radius 2 is 1.41 bits per heavy atom. The standard InChI is InChI=1S/C24H16F7N3S3/c1-13-2-11-18-19(12-13)36-20(34-18)14-3-5-15(6-4-14)32-21(35)33-16-7-9-17(10-8-16)37-24(30,31)22(25,26)23(27,28)29/h2-12H,1H3,(H2,32,33,35). The molecular weight excluding hydrogens is 559 g/mol. The van der Waals surface area contributed by atoms with Gasteiger partial charge in [0, 0.05) is 21.8 Å². The lowest BCUT2D eigenvalue weighted by Crippen LogP contribution is -2.49. The summed E-state index contributed by atoms with van der Waals surface area (Å²) in [5.74, 6) is -6.19. The van der Waals surface area contributed by atoms with E-state index in [0.29, 0.717) is 11.4 Å². The van der Waals surface area contributed by atoms with Gasteiger partial charge in [-0.1, -0.05) is 6.07 Å². The number of anilines is 2. The van der Waals surface area contributed by atoms with Crippen molar-refractivity contribution in [3.05, 3.63) is 72.3 Å². The first kappa shape index (κ1) is 27.1. The van der Waals surface area contributed by atoms with Crippen molar-refractivity contribution in [1.29, 1.82) is 0 Å². The molecular formula is C24H16F7N3S3. The first-order valence-electron chi connectivity index (χ1n) is 10.4. The molecule has 3 aromatic carbocycles. The quantitative estimate of drug-likeness (QED) is 0.136. The van der Waals surface area contributed by atoms with Crippen LogP contribution in [0.2, 0.25) is 0 Å². The van der Waals surface area contributed by atoms with Crippen LogP contribution in [0.3, 0.4) is 0 Å². The van der Waals surface area contributed by atoms with Gasteiger partial charge in [0.1, 0.15) is 5.01 Å². The van der Waals surface area contributed by atoms with Gasteiger partial charge in [-0.25, -0.2) is 4.98 Å². The van der Waals surface area contributed by atoms with E-state index in [1.807, 2.05) is 31.2 Å². The fourth-order valence-electron chi connectivity index (χ4n) is 3.13. The molecule has 4 rings (SSSR count). The fraction of sp³-hybridized carbons (Fsp3) is 0.167. The van der Waals surface area contributed by atoms with Crippen molar-refractivity contribution < 1.29 is 30.7 Å². The molecule has 0 bridgehead atoms. The van der Waals surface area contributed by atoms with Gasteiger partial charge in [0.2, 0.25) is 0 Å². The number of hydrogen-bond donors (Lipinski definition) is 2. The average molecular weight is 576 g/mol. The number of thioether (sulfide) groups is 1. The SMILES string of the molecule is Cc1ccc2nc(-c3ccc(NC(=S)Nc4ccc(SC(F)(F)C(F)(F)C(F)(F)F)cc4)cc3)sc2c1. The second kappa shape index (κ2) is 10.1. The molecule has 0 saturated heterocycles. The van der Waals surface area contributed by atoms with Gasteiger partial charge >= 0.3 is 17.4 Å². The number of rotatable bonds is 6. The van der Waals surface area contributed by atoms with Gasteiger partial charge < -0.3 is 10.6 Å². The zero-order valence-corrected chi connectivity index (χ0v) is 21.1. The van der Waals surface area contributed by atoms with Crippen LogP contribution in [0, 0.1) is 6.92 Å². The maximum atomic E-state index is 13.6. The van der Waals surface area contributed by atoms with Crippen LogP contribution in [0.4, 0.5) is 42.1 Å². The molecule has 0 saturated carbocycles. The molecule has 194 valence electrons. The van der Waals surface area contributed by atoms with Gasteiger partial charge in [0.25, 0.3) is 0 Å². The van der Waals surface area contributed by atoms with E-state index in [1.165, 1.54) is 12.1 Å². The molecule has 0 amide bonds. The number of hydrogen-bond acceptors (Lipinski definition) is 4. The number of alkyl halides is 7. The Bertz CT molecular complexity index is 1420. The fourth-order valence-corrected chi connectivity index (χ4v) is 5.25. The number of fused-ring (bicyclic) bond motifs is 1. The van der Waals surface area contributed by atoms with E-state index in [4.69, 9.17) is 12.2 Å². The van der Waals surface area contributed by atoms with Crippen molar-refractivity contribution in [1.82, 2.24) is 4.98 Å². The number of nitrogens with zero attached hydrogens (tertiary/aromatic N) is 1. The topological polar surface area (TPSA) is 37.0 Å². The first-order valence-corrected chi connectivity index (χ1v) is 12.5. The average Bonchev–Trinajstić information content (AvgIpc) is 3.23. The molecule has 2 N–H and O–H groups in total. The van der Waals surface area contributed by atoms with E-state index in [-0.39, 0.29) is 5.11 Å². The molecule has 1 heterocycles. The molecule has 0 spiro atoms. The Labute approximate surface area is 220 Å². The van der Waals surface area contributed by atoms with Gasteiger partial charge in [-0.2, -0.15) is 30.7 Å². The second-order valence-electron chi connectivity index (χ2n) is 7.86. The lowest BCUT2D eigenvalue weighted by atomic mass is 10.2. The summed E-state index contributed by atoms with van der Waals surface area (Å²) >= 11 is 5.93. The highest BCUT2D eigenvalue weighted by atomic mass is 32.2. The number of aryl methyl sites for hydroxylation is 1. The molecule has 4 aromatic rings. The molecule has 3 nitrogen and oxygen atoms in total. The summed E-state index contributed by atoms with van der Waals surface area (Å²) in [7, 11) is 0. The van der Waals surface area contributed by atoms with Gasteiger partial charge in [-0.15, -0.1) is 11.3 Å². The van der Waals surface area contributed by atoms with Crippen LogP contribution < -0.4 is 10.6 Å². The number of halogens is 7. The number of benzene rings is 3. The molecule has 13 heteroatoms. The van der Waals surface area contributed by atoms with Crippen molar-refractivity contribution >= 4 is 62.0 Å². The van der Waals surface area contributed by atoms with E-state index in [1.54, 1.807) is 23.5 Å². The predicted octanol–water partition coefficient (Wildman–Crippen LogP) is 8.96. The van der Waals surface area contributed by atoms with Crippen LogP contribution in [-0.2, 0) is 0 Å². The molecule has 1 aromatic heterocycles. The number of thiocarbonyl (C=S) groups is 1. The van der Waals surface area contributed by atoms with E-state index >= 15 is 0 Å². The van der Waals surface area contributed by atoms with E-state index < -0.39 is 34.0 Å². The lowest BCUT2D eigenvalue weighted by Gasteiger charge is -2.27. The minimum absolute atomic E-state index is 0.151. The third-order valence-electron chi connectivity index (χ3n) is 5.01. The van der Waals surface area contributed by atoms with Crippen LogP contribution >= 0.6 is 35.3 Å². The molecule has 0 aliphatic heterocycles. The molecule has 0 aliphatic carbocycles. The Hall–Kier alpha value is -2.90. The predicted molar refractivity (Wildman–Crippen MR) is 138 cm³/mol. The summed E-state index contributed by atoms with van der Waals surface area (Å²) in [6.45, 7) is 2.02. The van der Waals surface area contributed by atoms with Crippen LogP contribution in [-0.4, -0.2) is 27.4 Å². The Morgan fingerprint density at radius 1 is 0.838 bits per heavy atom. The Balaban J connectivity index is 1.36. The molecule has 37 heavy (non-hydrogen) atoms. The summed E-state index contributed by atoms with van der Waals surface area (Å²) in [6, 6.07) is 17.8. The van der Waals surface area contributed by atoms with Crippen molar-refractivity contribution in [2.24, 2.45) is 0 Å². The number of thiazole rings is 1. The van der Waals surface area contributed by atoms with Gasteiger partial charge in [-0.3, -0.25) is 0 Å². The van der Waals surface area contributed by atoms with Gasteiger partial charge in [0.05, 0.1) is 10.2 Å². The Morgan fingerprint density at radius 3 is 1.97 bits per heavy atom. The van der Waals surface area contributed by atoms with E-state index in [0.717, 1.165) is 38.5 Å². The maximum absolute atomic E-state index is 13.6. The highest BCUT2D eigenvalue weighted by molar-refractivity contribution is 8.00. The summed E-state index contributed by atoms with van der Waals surface area (Å²) in [5, 5.41) is 1.37. The Kier molecular flexibility index (Phi) is 7.41. The largest absolute Gasteiger partial charge is 0.460 e. The molecule has 0 unspecified atom stereocenters. The third kappa shape index (κ3) is 5.99. The van der Waals surface area contributed by atoms with E-state index in [2.05, 4.69) is 21.7 Å². The monoisotopic (exact) mass is 575 g/mol. The smallest absolute Gasteiger partial charge is 0.332 e. The van der Waals surface area contributed by atoms with Crippen LogP contribution in [0.5, 0.6) is 0 Å². The first-order chi connectivity index (χ1) is 17.2. The second-order valence-corrected chi connectivity index (χ2v) is 10.5. The van der Waals surface area contributed by atoms with Gasteiger partial charge in [-0.05, 0) is 97.1 Å². The van der Waals surface area contributed by atoms with Crippen molar-refractivity contribution in [2.45, 2.75) is 29.2 Å². The minimum Gasteiger partial charge on any atom is -0.332 e. The highest BCUT2D eigenvalue weighted by Crippen LogP contribution is 2.53. The van der Waals surface area contributed by atoms with Crippen molar-refractivity contribution in [3.8, 4) is 10.6 Å².